The molecule has 204 valence electrons. The Hall–Kier alpha value is -5.87. The average Bonchev–Trinajstić information content (AvgIpc) is 3.73. The van der Waals surface area contributed by atoms with E-state index in [4.69, 9.17) is 4.42 Å². The summed E-state index contributed by atoms with van der Waals surface area (Å²) in [6.07, 6.45) is 3.79. The summed E-state index contributed by atoms with van der Waals surface area (Å²) in [4.78, 5) is 0. The molecule has 4 heteroatoms. The SMILES string of the molecule is N=C(/C(=C1\NC(c2ccco2)=Cc2ccccc21)c1ccc2c(c1)c1ccccc1n2-c1ccccc1)c1ccccc1. The minimum atomic E-state index is 0.449. The molecule has 0 unspecified atom stereocenters. The molecule has 0 saturated carbocycles. The number of furan rings is 1. The van der Waals surface area contributed by atoms with Crippen LogP contribution in [0.3, 0.4) is 0 Å². The molecular weight excluding hydrogens is 526 g/mol. The Bertz CT molecular complexity index is 2200. The van der Waals surface area contributed by atoms with Gasteiger partial charge in [0.15, 0.2) is 0 Å². The molecule has 0 radical (unpaired) electrons. The third-order valence-electron chi connectivity index (χ3n) is 8.11. The van der Waals surface area contributed by atoms with E-state index in [9.17, 15) is 5.41 Å². The molecular formula is C39H27N3O. The number of hydrogen-bond acceptors (Lipinski definition) is 3. The van der Waals surface area contributed by atoms with Crippen molar-refractivity contribution < 1.29 is 4.42 Å². The van der Waals surface area contributed by atoms with Gasteiger partial charge in [-0.25, -0.2) is 0 Å². The van der Waals surface area contributed by atoms with Crippen LogP contribution in [0.15, 0.2) is 150 Å². The number of allylic oxidation sites excluding steroid dienone is 1. The predicted octanol–water partition coefficient (Wildman–Crippen LogP) is 9.41. The summed E-state index contributed by atoms with van der Waals surface area (Å²) in [5, 5.41) is 15.6. The number of aromatic nitrogens is 1. The molecule has 5 aromatic carbocycles. The zero-order valence-corrected chi connectivity index (χ0v) is 23.3. The summed E-state index contributed by atoms with van der Waals surface area (Å²) in [7, 11) is 0. The molecule has 0 saturated heterocycles. The average molecular weight is 554 g/mol. The van der Waals surface area contributed by atoms with Crippen molar-refractivity contribution in [2.75, 3.05) is 0 Å². The quantitative estimate of drug-likeness (QED) is 0.209. The molecule has 0 bridgehead atoms. The minimum Gasteiger partial charge on any atom is -0.463 e. The molecule has 3 heterocycles. The van der Waals surface area contributed by atoms with Crippen LogP contribution >= 0.6 is 0 Å². The zero-order chi connectivity index (χ0) is 28.8. The maximum atomic E-state index is 9.61. The lowest BCUT2D eigenvalue weighted by atomic mass is 9.88. The second kappa shape index (κ2) is 10.2. The topological polar surface area (TPSA) is 54.0 Å². The van der Waals surface area contributed by atoms with Crippen LogP contribution in [0.4, 0.5) is 0 Å². The van der Waals surface area contributed by atoms with E-state index in [2.05, 4.69) is 94.8 Å². The molecule has 0 fully saturated rings. The highest BCUT2D eigenvalue weighted by molar-refractivity contribution is 6.36. The Labute approximate surface area is 249 Å². The first-order valence-electron chi connectivity index (χ1n) is 14.4. The number of para-hydroxylation sites is 2. The Morgan fingerprint density at radius 3 is 2.16 bits per heavy atom. The van der Waals surface area contributed by atoms with E-state index in [0.29, 0.717) is 5.71 Å². The van der Waals surface area contributed by atoms with Gasteiger partial charge in [0.2, 0.25) is 0 Å². The number of hydrogen-bond donors (Lipinski definition) is 2. The van der Waals surface area contributed by atoms with Gasteiger partial charge in [-0.3, -0.25) is 5.41 Å². The van der Waals surface area contributed by atoms with Crippen LogP contribution in [0.1, 0.15) is 28.0 Å². The normalized spacial score (nSPS) is 13.8. The van der Waals surface area contributed by atoms with Crippen molar-refractivity contribution in [1.82, 2.24) is 9.88 Å². The maximum absolute atomic E-state index is 9.61. The second-order valence-corrected chi connectivity index (χ2v) is 10.7. The van der Waals surface area contributed by atoms with Gasteiger partial charge >= 0.3 is 0 Å². The fraction of sp³-hybridized carbons (Fsp3) is 0. The first kappa shape index (κ1) is 24.9. The third kappa shape index (κ3) is 4.20. The highest BCUT2D eigenvalue weighted by Crippen LogP contribution is 2.39. The van der Waals surface area contributed by atoms with Crippen molar-refractivity contribution >= 4 is 50.6 Å². The minimum absolute atomic E-state index is 0.449. The molecule has 2 N–H and O–H groups in total. The summed E-state index contributed by atoms with van der Waals surface area (Å²) in [6, 6.07) is 47.7. The number of rotatable bonds is 5. The van der Waals surface area contributed by atoms with Crippen molar-refractivity contribution in [1.29, 1.82) is 5.41 Å². The van der Waals surface area contributed by atoms with Gasteiger partial charge in [-0.2, -0.15) is 0 Å². The third-order valence-corrected chi connectivity index (χ3v) is 8.11. The monoisotopic (exact) mass is 553 g/mol. The van der Waals surface area contributed by atoms with Gasteiger partial charge in [0, 0.05) is 33.2 Å². The molecule has 1 aliphatic heterocycles. The Morgan fingerprint density at radius 1 is 0.628 bits per heavy atom. The van der Waals surface area contributed by atoms with Gasteiger partial charge in [0.05, 0.1) is 34.4 Å². The van der Waals surface area contributed by atoms with Crippen LogP contribution in [0.5, 0.6) is 0 Å². The first-order chi connectivity index (χ1) is 21.3. The summed E-state index contributed by atoms with van der Waals surface area (Å²) in [5.74, 6) is 0.749. The van der Waals surface area contributed by atoms with E-state index >= 15 is 0 Å². The zero-order valence-electron chi connectivity index (χ0n) is 23.3. The van der Waals surface area contributed by atoms with Crippen LogP contribution in [-0.2, 0) is 0 Å². The lowest BCUT2D eigenvalue weighted by Crippen LogP contribution is -2.20. The highest BCUT2D eigenvalue weighted by atomic mass is 16.3. The number of nitrogens with one attached hydrogen (secondary N) is 2. The molecule has 0 amide bonds. The number of fused-ring (bicyclic) bond motifs is 4. The van der Waals surface area contributed by atoms with Crippen LogP contribution in [0.25, 0.3) is 50.5 Å². The van der Waals surface area contributed by atoms with Crippen molar-refractivity contribution in [3.05, 3.63) is 174 Å². The summed E-state index contributed by atoms with van der Waals surface area (Å²) in [5.41, 5.74) is 10.3. The molecule has 0 atom stereocenters. The fourth-order valence-corrected chi connectivity index (χ4v) is 6.15. The van der Waals surface area contributed by atoms with Crippen molar-refractivity contribution in [2.45, 2.75) is 0 Å². The molecule has 0 spiro atoms. The van der Waals surface area contributed by atoms with E-state index in [1.54, 1.807) is 6.26 Å². The summed E-state index contributed by atoms with van der Waals surface area (Å²) in [6.45, 7) is 0. The molecule has 8 rings (SSSR count). The van der Waals surface area contributed by atoms with E-state index in [1.807, 2.05) is 60.7 Å². The Balaban J connectivity index is 1.42. The summed E-state index contributed by atoms with van der Waals surface area (Å²) < 4.78 is 8.12. The largest absolute Gasteiger partial charge is 0.463 e. The van der Waals surface area contributed by atoms with Gasteiger partial charge in [-0.05, 0) is 59.7 Å². The van der Waals surface area contributed by atoms with E-state index in [1.165, 1.54) is 5.39 Å². The standard InChI is InChI=1S/C39H27N3O/c40-38(26-12-3-1-4-13-26)37(39-30-17-8-7-14-27(30)25-33(41-39)36-20-11-23-43-36)28-21-22-35-32(24-28)31-18-9-10-19-34(31)42(35)29-15-5-2-6-16-29/h1-25,40-41H/b39-37-,40-38?. The molecule has 0 aliphatic carbocycles. The highest BCUT2D eigenvalue weighted by Gasteiger charge is 2.25. The van der Waals surface area contributed by atoms with Crippen LogP contribution in [0, 0.1) is 5.41 Å². The van der Waals surface area contributed by atoms with Gasteiger partial charge in [-0.15, -0.1) is 0 Å². The molecule has 2 aromatic heterocycles. The Kier molecular flexibility index (Phi) is 5.90. The molecule has 1 aliphatic rings. The van der Waals surface area contributed by atoms with Gasteiger partial charge < -0.3 is 14.3 Å². The molecule has 43 heavy (non-hydrogen) atoms. The first-order valence-corrected chi connectivity index (χ1v) is 14.4. The smallest absolute Gasteiger partial charge is 0.150 e. The van der Waals surface area contributed by atoms with Crippen LogP contribution < -0.4 is 5.32 Å². The molecule has 7 aromatic rings. The number of benzene rings is 5. The van der Waals surface area contributed by atoms with E-state index in [0.717, 1.165) is 67.1 Å². The van der Waals surface area contributed by atoms with Crippen LogP contribution in [-0.4, -0.2) is 10.3 Å². The molecule has 4 nitrogen and oxygen atoms in total. The lowest BCUT2D eigenvalue weighted by Gasteiger charge is -2.25. The van der Waals surface area contributed by atoms with Crippen LogP contribution in [0.2, 0.25) is 0 Å². The number of nitrogens with zero attached hydrogens (tertiary/aromatic N) is 1. The lowest BCUT2D eigenvalue weighted by molar-refractivity contribution is 0.550. The maximum Gasteiger partial charge on any atom is 0.150 e. The second-order valence-electron chi connectivity index (χ2n) is 10.7. The summed E-state index contributed by atoms with van der Waals surface area (Å²) >= 11 is 0. The van der Waals surface area contributed by atoms with E-state index in [-0.39, 0.29) is 0 Å². The van der Waals surface area contributed by atoms with Crippen molar-refractivity contribution in [3.8, 4) is 5.69 Å². The fourth-order valence-electron chi connectivity index (χ4n) is 6.15. The van der Waals surface area contributed by atoms with Crippen molar-refractivity contribution in [3.63, 3.8) is 0 Å². The predicted molar refractivity (Wildman–Crippen MR) is 177 cm³/mol. The van der Waals surface area contributed by atoms with Gasteiger partial charge in [0.25, 0.3) is 0 Å². The van der Waals surface area contributed by atoms with Gasteiger partial charge in [-0.1, -0.05) is 97.1 Å². The van der Waals surface area contributed by atoms with Crippen molar-refractivity contribution in [2.24, 2.45) is 0 Å². The Morgan fingerprint density at radius 2 is 1.35 bits per heavy atom. The van der Waals surface area contributed by atoms with E-state index < -0.39 is 0 Å². The van der Waals surface area contributed by atoms with Gasteiger partial charge in [0.1, 0.15) is 5.76 Å².